The Bertz CT molecular complexity index is 821. The number of hydrogen-bond donors (Lipinski definition) is 2. The van der Waals surface area contributed by atoms with Gasteiger partial charge in [0.25, 0.3) is 11.8 Å². The Morgan fingerprint density at radius 2 is 1.89 bits per heavy atom. The van der Waals surface area contributed by atoms with Crippen molar-refractivity contribution >= 4 is 23.5 Å². The van der Waals surface area contributed by atoms with Crippen LogP contribution in [-0.2, 0) is 14.3 Å². The van der Waals surface area contributed by atoms with Crippen molar-refractivity contribution < 1.29 is 32.3 Å². The van der Waals surface area contributed by atoms with Crippen LogP contribution in [0.25, 0.3) is 0 Å². The Labute approximate surface area is 153 Å². The van der Waals surface area contributed by atoms with Gasteiger partial charge in [-0.2, -0.15) is 0 Å². The summed E-state index contributed by atoms with van der Waals surface area (Å²) in [6, 6.07) is 4.79. The summed E-state index contributed by atoms with van der Waals surface area (Å²) < 4.78 is 35.8. The Kier molecular flexibility index (Phi) is 6.64. The summed E-state index contributed by atoms with van der Waals surface area (Å²) in [6.45, 7) is 2.73. The number of carbonyl (C=O) groups excluding carboxylic acids is 3. The number of esters is 1. The average Bonchev–Trinajstić information content (AvgIpc) is 3.15. The molecule has 0 fully saturated rings. The van der Waals surface area contributed by atoms with Crippen LogP contribution in [0, 0.1) is 17.6 Å². The lowest BCUT2D eigenvalue weighted by Gasteiger charge is -2.20. The highest BCUT2D eigenvalue weighted by Gasteiger charge is 2.27. The second-order valence-electron chi connectivity index (χ2n) is 5.96. The molecular weight excluding hydrogens is 362 g/mol. The normalized spacial score (nSPS) is 11.7. The first-order valence-corrected chi connectivity index (χ1v) is 8.04. The number of halogens is 2. The van der Waals surface area contributed by atoms with Gasteiger partial charge in [-0.05, 0) is 30.2 Å². The minimum atomic E-state index is -1.12. The maximum Gasteiger partial charge on any atom is 0.329 e. The van der Waals surface area contributed by atoms with Gasteiger partial charge in [0, 0.05) is 11.8 Å². The number of rotatable bonds is 7. The molecule has 27 heavy (non-hydrogen) atoms. The van der Waals surface area contributed by atoms with Crippen molar-refractivity contribution in [2.45, 2.75) is 19.9 Å². The van der Waals surface area contributed by atoms with Crippen LogP contribution in [-0.4, -0.2) is 30.4 Å². The zero-order chi connectivity index (χ0) is 20.0. The molecule has 1 aromatic carbocycles. The molecule has 0 radical (unpaired) electrons. The van der Waals surface area contributed by atoms with E-state index in [1.807, 2.05) is 0 Å². The molecule has 0 unspecified atom stereocenters. The molecular formula is C18H18F2N2O5. The summed E-state index contributed by atoms with van der Waals surface area (Å²) >= 11 is 0. The molecule has 1 atom stereocenters. The van der Waals surface area contributed by atoms with E-state index in [0.717, 1.165) is 12.1 Å². The molecule has 0 aliphatic heterocycles. The van der Waals surface area contributed by atoms with Gasteiger partial charge < -0.3 is 19.8 Å². The zero-order valence-corrected chi connectivity index (χ0v) is 14.6. The summed E-state index contributed by atoms with van der Waals surface area (Å²) in [6.07, 6.45) is 1.32. The van der Waals surface area contributed by atoms with E-state index in [1.165, 1.54) is 24.5 Å². The van der Waals surface area contributed by atoms with E-state index in [-0.39, 0.29) is 17.4 Å². The van der Waals surface area contributed by atoms with Crippen LogP contribution in [0.2, 0.25) is 0 Å². The Morgan fingerprint density at radius 3 is 2.48 bits per heavy atom. The third kappa shape index (κ3) is 5.63. The molecule has 7 nitrogen and oxygen atoms in total. The fourth-order valence-corrected chi connectivity index (χ4v) is 2.12. The molecule has 0 saturated heterocycles. The van der Waals surface area contributed by atoms with Gasteiger partial charge in [-0.25, -0.2) is 13.6 Å². The van der Waals surface area contributed by atoms with Crippen molar-refractivity contribution in [1.29, 1.82) is 0 Å². The number of nitrogens with one attached hydrogen (secondary N) is 2. The highest BCUT2D eigenvalue weighted by atomic mass is 19.2. The first kappa shape index (κ1) is 20.1. The van der Waals surface area contributed by atoms with E-state index in [2.05, 4.69) is 10.6 Å². The van der Waals surface area contributed by atoms with Gasteiger partial charge in [0.1, 0.15) is 6.04 Å². The van der Waals surface area contributed by atoms with Gasteiger partial charge in [-0.3, -0.25) is 9.59 Å². The fraction of sp³-hybridized carbons (Fsp3) is 0.278. The van der Waals surface area contributed by atoms with Crippen LogP contribution < -0.4 is 10.6 Å². The Balaban J connectivity index is 1.89. The first-order valence-electron chi connectivity index (χ1n) is 8.04. The van der Waals surface area contributed by atoms with E-state index in [4.69, 9.17) is 9.15 Å². The summed E-state index contributed by atoms with van der Waals surface area (Å²) in [5.41, 5.74) is 0.0153. The smallest absolute Gasteiger partial charge is 0.329 e. The standard InChI is InChI=1S/C18H18F2N2O5/c1-10(2)16(22-17(24)14-4-3-7-26-14)18(25)27-9-15(23)21-11-5-6-12(19)13(20)8-11/h3-8,10,16H,9H2,1-2H3,(H,21,23)(H,22,24)/t16-/m0/s1. The molecule has 144 valence electrons. The molecule has 0 spiro atoms. The summed E-state index contributed by atoms with van der Waals surface area (Å²) in [5, 5.41) is 4.75. The topological polar surface area (TPSA) is 97.6 Å². The van der Waals surface area contributed by atoms with Crippen LogP contribution >= 0.6 is 0 Å². The minimum Gasteiger partial charge on any atom is -0.459 e. The number of furan rings is 1. The van der Waals surface area contributed by atoms with Gasteiger partial charge in [0.2, 0.25) is 0 Å². The van der Waals surface area contributed by atoms with Gasteiger partial charge in [-0.15, -0.1) is 0 Å². The van der Waals surface area contributed by atoms with Crippen molar-refractivity contribution in [1.82, 2.24) is 5.32 Å². The van der Waals surface area contributed by atoms with Crippen molar-refractivity contribution in [3.8, 4) is 0 Å². The number of amides is 2. The van der Waals surface area contributed by atoms with Crippen LogP contribution in [0.4, 0.5) is 14.5 Å². The van der Waals surface area contributed by atoms with E-state index in [0.29, 0.717) is 0 Å². The van der Waals surface area contributed by atoms with Gasteiger partial charge >= 0.3 is 5.97 Å². The van der Waals surface area contributed by atoms with E-state index in [9.17, 15) is 23.2 Å². The maximum absolute atomic E-state index is 13.1. The van der Waals surface area contributed by atoms with Crippen molar-refractivity contribution in [2.24, 2.45) is 5.92 Å². The van der Waals surface area contributed by atoms with E-state index >= 15 is 0 Å². The molecule has 2 N–H and O–H groups in total. The summed E-state index contributed by atoms with van der Waals surface area (Å²) in [5.74, 6) is -4.60. The van der Waals surface area contributed by atoms with E-state index < -0.39 is 42.1 Å². The van der Waals surface area contributed by atoms with Crippen LogP contribution in [0.5, 0.6) is 0 Å². The lowest BCUT2D eigenvalue weighted by atomic mass is 10.0. The predicted molar refractivity (Wildman–Crippen MR) is 90.7 cm³/mol. The predicted octanol–water partition coefficient (Wildman–Crippen LogP) is 2.49. The van der Waals surface area contributed by atoms with E-state index in [1.54, 1.807) is 13.8 Å². The molecule has 1 heterocycles. The highest BCUT2D eigenvalue weighted by Crippen LogP contribution is 2.13. The largest absolute Gasteiger partial charge is 0.459 e. The second-order valence-corrected chi connectivity index (χ2v) is 5.96. The summed E-state index contributed by atoms with van der Waals surface area (Å²) in [7, 11) is 0. The SMILES string of the molecule is CC(C)[C@H](NC(=O)c1ccco1)C(=O)OCC(=O)Nc1ccc(F)c(F)c1. The molecule has 0 saturated carbocycles. The molecule has 2 amide bonds. The van der Waals surface area contributed by atoms with Crippen LogP contribution in [0.3, 0.4) is 0 Å². The lowest BCUT2D eigenvalue weighted by molar-refractivity contribution is -0.150. The fourth-order valence-electron chi connectivity index (χ4n) is 2.12. The van der Waals surface area contributed by atoms with Crippen LogP contribution in [0.1, 0.15) is 24.4 Å². The van der Waals surface area contributed by atoms with Crippen molar-refractivity contribution in [3.05, 3.63) is 54.0 Å². The second kappa shape index (κ2) is 8.93. The average molecular weight is 380 g/mol. The maximum atomic E-state index is 13.1. The molecule has 0 aliphatic carbocycles. The van der Waals surface area contributed by atoms with Crippen molar-refractivity contribution in [3.63, 3.8) is 0 Å². The molecule has 0 bridgehead atoms. The summed E-state index contributed by atoms with van der Waals surface area (Å²) in [4.78, 5) is 36.0. The number of anilines is 1. The lowest BCUT2D eigenvalue weighted by Crippen LogP contribution is -2.45. The number of benzene rings is 1. The molecule has 1 aromatic heterocycles. The number of carbonyl (C=O) groups is 3. The minimum absolute atomic E-state index is 0.0153. The quantitative estimate of drug-likeness (QED) is 0.720. The Hall–Kier alpha value is -3.23. The third-order valence-electron chi connectivity index (χ3n) is 3.50. The molecule has 2 rings (SSSR count). The number of ether oxygens (including phenoxy) is 1. The van der Waals surface area contributed by atoms with Gasteiger partial charge in [0.05, 0.1) is 6.26 Å². The molecule has 9 heteroatoms. The van der Waals surface area contributed by atoms with Crippen LogP contribution in [0.15, 0.2) is 41.0 Å². The Morgan fingerprint density at radius 1 is 1.15 bits per heavy atom. The zero-order valence-electron chi connectivity index (χ0n) is 14.6. The third-order valence-corrected chi connectivity index (χ3v) is 3.50. The molecule has 0 aliphatic rings. The number of hydrogen-bond acceptors (Lipinski definition) is 5. The highest BCUT2D eigenvalue weighted by molar-refractivity contribution is 5.96. The van der Waals surface area contributed by atoms with Gasteiger partial charge in [0.15, 0.2) is 24.0 Å². The molecule has 2 aromatic rings. The van der Waals surface area contributed by atoms with Gasteiger partial charge in [-0.1, -0.05) is 13.8 Å². The first-order chi connectivity index (χ1) is 12.8. The van der Waals surface area contributed by atoms with Crippen molar-refractivity contribution in [2.75, 3.05) is 11.9 Å². The monoisotopic (exact) mass is 380 g/mol.